The second kappa shape index (κ2) is 7.11. The predicted octanol–water partition coefficient (Wildman–Crippen LogP) is 5.06. The minimum atomic E-state index is -0.392. The van der Waals surface area contributed by atoms with E-state index in [4.69, 9.17) is 16.3 Å². The van der Waals surface area contributed by atoms with E-state index in [1.54, 1.807) is 42.3 Å². The summed E-state index contributed by atoms with van der Waals surface area (Å²) >= 11 is 9.50. The number of carbonyl (C=O) groups is 1. The number of rotatable bonds is 5. The Labute approximate surface area is 153 Å². The first kappa shape index (κ1) is 17.2. The maximum atomic E-state index is 14.1. The number of ether oxygens (including phenoxy) is 1. The van der Waals surface area contributed by atoms with Gasteiger partial charge in [0, 0.05) is 22.2 Å². The quantitative estimate of drug-likeness (QED) is 0.687. The molecule has 0 atom stereocenters. The predicted molar refractivity (Wildman–Crippen MR) is 95.0 cm³/mol. The van der Waals surface area contributed by atoms with Gasteiger partial charge < -0.3 is 9.64 Å². The monoisotopic (exact) mass is 411 g/mol. The van der Waals surface area contributed by atoms with Crippen LogP contribution in [0.1, 0.15) is 28.8 Å². The molecule has 3 rings (SSSR count). The van der Waals surface area contributed by atoms with Crippen LogP contribution in [0.3, 0.4) is 0 Å². The first-order valence-corrected chi connectivity index (χ1v) is 8.75. The van der Waals surface area contributed by atoms with Crippen molar-refractivity contribution in [1.82, 2.24) is 4.90 Å². The highest BCUT2D eigenvalue weighted by atomic mass is 79.9. The molecule has 0 saturated heterocycles. The lowest BCUT2D eigenvalue weighted by atomic mass is 10.1. The Kier molecular flexibility index (Phi) is 5.11. The van der Waals surface area contributed by atoms with E-state index in [9.17, 15) is 9.18 Å². The smallest absolute Gasteiger partial charge is 0.254 e. The molecule has 3 nitrogen and oxygen atoms in total. The van der Waals surface area contributed by atoms with Gasteiger partial charge in [-0.2, -0.15) is 0 Å². The minimum absolute atomic E-state index is 0.133. The number of hydrogen-bond acceptors (Lipinski definition) is 2. The lowest BCUT2D eigenvalue weighted by molar-refractivity contribution is 0.0728. The molecule has 0 N–H and O–H groups in total. The molecule has 126 valence electrons. The average molecular weight is 413 g/mol. The van der Waals surface area contributed by atoms with Gasteiger partial charge in [0.15, 0.2) is 0 Å². The summed E-state index contributed by atoms with van der Waals surface area (Å²) in [5, 5.41) is 0.337. The number of nitrogens with zero attached hydrogens (tertiary/aromatic N) is 1. The van der Waals surface area contributed by atoms with Crippen LogP contribution < -0.4 is 4.74 Å². The number of hydrogen-bond donors (Lipinski definition) is 0. The van der Waals surface area contributed by atoms with Crippen molar-refractivity contribution < 1.29 is 13.9 Å². The van der Waals surface area contributed by atoms with Crippen molar-refractivity contribution in [2.45, 2.75) is 25.4 Å². The molecule has 0 unspecified atom stereocenters. The number of halogens is 3. The summed E-state index contributed by atoms with van der Waals surface area (Å²) in [6, 6.07) is 9.86. The van der Waals surface area contributed by atoms with Gasteiger partial charge in [-0.1, -0.05) is 17.7 Å². The Balaban J connectivity index is 1.88. The van der Waals surface area contributed by atoms with Crippen LogP contribution in [0.15, 0.2) is 40.9 Å². The molecule has 6 heteroatoms. The molecular formula is C18H16BrClFNO2. The molecule has 1 amide bonds. The van der Waals surface area contributed by atoms with Crippen molar-refractivity contribution >= 4 is 33.4 Å². The second-order valence-corrected chi connectivity index (χ2v) is 6.98. The topological polar surface area (TPSA) is 29.5 Å². The van der Waals surface area contributed by atoms with Crippen LogP contribution in [0, 0.1) is 5.82 Å². The zero-order chi connectivity index (χ0) is 17.3. The van der Waals surface area contributed by atoms with Crippen molar-refractivity contribution in [1.29, 1.82) is 0 Å². The van der Waals surface area contributed by atoms with E-state index < -0.39 is 5.82 Å². The second-order valence-electron chi connectivity index (χ2n) is 5.71. The van der Waals surface area contributed by atoms with Crippen molar-refractivity contribution in [3.05, 3.63) is 62.8 Å². The highest BCUT2D eigenvalue weighted by Crippen LogP contribution is 2.33. The zero-order valence-electron chi connectivity index (χ0n) is 13.1. The Hall–Kier alpha value is -1.59. The van der Waals surface area contributed by atoms with Gasteiger partial charge in [-0.3, -0.25) is 4.79 Å². The molecule has 0 aromatic heterocycles. The largest absolute Gasteiger partial charge is 0.496 e. The van der Waals surface area contributed by atoms with Crippen molar-refractivity contribution in [3.8, 4) is 5.75 Å². The Morgan fingerprint density at radius 3 is 2.71 bits per heavy atom. The third-order valence-electron chi connectivity index (χ3n) is 4.04. The van der Waals surface area contributed by atoms with E-state index in [0.29, 0.717) is 26.4 Å². The van der Waals surface area contributed by atoms with E-state index in [1.807, 2.05) is 0 Å². The van der Waals surface area contributed by atoms with Crippen molar-refractivity contribution in [3.63, 3.8) is 0 Å². The fraction of sp³-hybridized carbons (Fsp3) is 0.278. The molecule has 2 aromatic carbocycles. The van der Waals surface area contributed by atoms with Gasteiger partial charge in [0.1, 0.15) is 11.6 Å². The van der Waals surface area contributed by atoms with Crippen LogP contribution in [0.2, 0.25) is 5.02 Å². The first-order valence-electron chi connectivity index (χ1n) is 7.58. The molecule has 1 fully saturated rings. The molecule has 1 aliphatic carbocycles. The molecule has 0 spiro atoms. The molecule has 0 heterocycles. The molecule has 1 saturated carbocycles. The van der Waals surface area contributed by atoms with Crippen LogP contribution in [0.5, 0.6) is 5.75 Å². The SMILES string of the molecule is COc1ccc(C(=O)N(Cc2c(F)cccc2Cl)C2CC2)cc1Br. The molecule has 2 aromatic rings. The van der Waals surface area contributed by atoms with Gasteiger partial charge in [0.25, 0.3) is 5.91 Å². The molecule has 24 heavy (non-hydrogen) atoms. The summed E-state index contributed by atoms with van der Waals surface area (Å²) in [6.07, 6.45) is 1.85. The third kappa shape index (κ3) is 3.57. The van der Waals surface area contributed by atoms with Crippen molar-refractivity contribution in [2.24, 2.45) is 0 Å². The summed E-state index contributed by atoms with van der Waals surface area (Å²) in [6.45, 7) is 0.165. The first-order chi connectivity index (χ1) is 11.5. The summed E-state index contributed by atoms with van der Waals surface area (Å²) in [4.78, 5) is 14.6. The van der Waals surface area contributed by atoms with E-state index >= 15 is 0 Å². The van der Waals surface area contributed by atoms with Crippen LogP contribution in [0.4, 0.5) is 4.39 Å². The fourth-order valence-corrected chi connectivity index (χ4v) is 3.34. The Bertz CT molecular complexity index is 759. The number of amides is 1. The minimum Gasteiger partial charge on any atom is -0.496 e. The number of benzene rings is 2. The fourth-order valence-electron chi connectivity index (χ4n) is 2.57. The number of carbonyl (C=O) groups excluding carboxylic acids is 1. The van der Waals surface area contributed by atoms with Crippen LogP contribution >= 0.6 is 27.5 Å². The third-order valence-corrected chi connectivity index (χ3v) is 5.01. The van der Waals surface area contributed by atoms with Crippen LogP contribution in [-0.4, -0.2) is 24.0 Å². The Morgan fingerprint density at radius 2 is 2.12 bits per heavy atom. The molecule has 0 bridgehead atoms. The van der Waals surface area contributed by atoms with Gasteiger partial charge in [-0.05, 0) is 59.1 Å². The summed E-state index contributed by atoms with van der Waals surface area (Å²) < 4.78 is 20.0. The molecular weight excluding hydrogens is 397 g/mol. The van der Waals surface area contributed by atoms with Gasteiger partial charge in [0.2, 0.25) is 0 Å². The summed E-state index contributed by atoms with van der Waals surface area (Å²) in [5.74, 6) is 0.124. The number of methoxy groups -OCH3 is 1. The van der Waals surface area contributed by atoms with Crippen LogP contribution in [0.25, 0.3) is 0 Å². The van der Waals surface area contributed by atoms with Crippen LogP contribution in [-0.2, 0) is 6.54 Å². The highest BCUT2D eigenvalue weighted by molar-refractivity contribution is 9.10. The molecule has 0 aliphatic heterocycles. The lowest BCUT2D eigenvalue weighted by Gasteiger charge is -2.23. The lowest BCUT2D eigenvalue weighted by Crippen LogP contribution is -2.33. The van der Waals surface area contributed by atoms with E-state index in [0.717, 1.165) is 12.8 Å². The highest BCUT2D eigenvalue weighted by Gasteiger charge is 2.34. The summed E-state index contributed by atoms with van der Waals surface area (Å²) in [7, 11) is 1.57. The normalized spacial score (nSPS) is 13.7. The maximum absolute atomic E-state index is 14.1. The average Bonchev–Trinajstić information content (AvgIpc) is 3.39. The van der Waals surface area contributed by atoms with Gasteiger partial charge in [0.05, 0.1) is 18.1 Å². The standard InChI is InChI=1S/C18H16BrClFNO2/c1-24-17-8-5-11(9-14(17)19)18(23)22(12-6-7-12)10-13-15(20)3-2-4-16(13)21/h2-5,8-9,12H,6-7,10H2,1H3. The van der Waals surface area contributed by atoms with E-state index in [1.165, 1.54) is 6.07 Å². The van der Waals surface area contributed by atoms with Gasteiger partial charge >= 0.3 is 0 Å². The van der Waals surface area contributed by atoms with Gasteiger partial charge in [-0.15, -0.1) is 0 Å². The Morgan fingerprint density at radius 1 is 1.38 bits per heavy atom. The zero-order valence-corrected chi connectivity index (χ0v) is 15.4. The molecule has 1 aliphatic rings. The van der Waals surface area contributed by atoms with Crippen molar-refractivity contribution in [2.75, 3.05) is 7.11 Å². The van der Waals surface area contributed by atoms with E-state index in [2.05, 4.69) is 15.9 Å². The molecule has 0 radical (unpaired) electrons. The van der Waals surface area contributed by atoms with Gasteiger partial charge in [-0.25, -0.2) is 4.39 Å². The van der Waals surface area contributed by atoms with E-state index in [-0.39, 0.29) is 18.5 Å². The maximum Gasteiger partial charge on any atom is 0.254 e. The summed E-state index contributed by atoms with van der Waals surface area (Å²) in [5.41, 5.74) is 0.883.